The molecule has 0 N–H and O–H groups in total. The molecule has 0 aliphatic heterocycles. The minimum atomic E-state index is 0.116. The van der Waals surface area contributed by atoms with E-state index in [1.165, 1.54) is 5.56 Å². The average Bonchev–Trinajstić information content (AvgIpc) is 2.31. The van der Waals surface area contributed by atoms with Gasteiger partial charge in [-0.1, -0.05) is 44.0 Å². The number of halogens is 2. The van der Waals surface area contributed by atoms with Gasteiger partial charge < -0.3 is 9.47 Å². The molecule has 0 aliphatic rings. The van der Waals surface area contributed by atoms with Crippen molar-refractivity contribution < 1.29 is 9.47 Å². The van der Waals surface area contributed by atoms with Crippen molar-refractivity contribution in [1.29, 1.82) is 0 Å². The topological polar surface area (TPSA) is 18.5 Å². The fourth-order valence-electron chi connectivity index (χ4n) is 1.34. The van der Waals surface area contributed by atoms with Crippen molar-refractivity contribution >= 4 is 31.9 Å². The number of ether oxygens (including phenoxy) is 2. The lowest BCUT2D eigenvalue weighted by atomic mass is 10.1. The van der Waals surface area contributed by atoms with E-state index in [1.807, 2.05) is 12.1 Å². The van der Waals surface area contributed by atoms with Gasteiger partial charge in [0.2, 0.25) is 0 Å². The summed E-state index contributed by atoms with van der Waals surface area (Å²) < 4.78 is 11.8. The van der Waals surface area contributed by atoms with Crippen LogP contribution in [-0.4, -0.2) is 25.7 Å². The number of hydrogen-bond acceptors (Lipinski definition) is 2. The van der Waals surface area contributed by atoms with E-state index in [-0.39, 0.29) is 6.10 Å². The second-order valence-electron chi connectivity index (χ2n) is 3.41. The minimum absolute atomic E-state index is 0.116. The highest BCUT2D eigenvalue weighted by atomic mass is 79.9. The third-order valence-electron chi connectivity index (χ3n) is 2.19. The van der Waals surface area contributed by atoms with Gasteiger partial charge in [-0.25, -0.2) is 0 Å². The molecule has 0 aliphatic carbocycles. The predicted octanol–water partition coefficient (Wildman–Crippen LogP) is 3.94. The van der Waals surface area contributed by atoms with Crippen molar-refractivity contribution in [2.24, 2.45) is 0 Å². The Hall–Kier alpha value is 0.1000. The Balaban J connectivity index is 2.44. The van der Waals surface area contributed by atoms with E-state index in [0.29, 0.717) is 0 Å². The van der Waals surface area contributed by atoms with Crippen molar-refractivity contribution in [2.45, 2.75) is 12.5 Å². The molecule has 0 radical (unpaired) electrons. The van der Waals surface area contributed by atoms with Gasteiger partial charge in [0.15, 0.2) is 0 Å². The van der Waals surface area contributed by atoms with E-state index in [4.69, 9.17) is 9.47 Å². The molecule has 0 heterocycles. The van der Waals surface area contributed by atoms with E-state index >= 15 is 0 Å². The van der Waals surface area contributed by atoms with Crippen LogP contribution in [0.5, 0.6) is 0 Å². The Morgan fingerprint density at radius 2 is 1.88 bits per heavy atom. The lowest BCUT2D eigenvalue weighted by molar-refractivity contribution is 0.0532. The molecule has 1 atom stereocenters. The first-order valence-corrected chi connectivity index (χ1v) is 7.11. The molecule has 0 saturated carbocycles. The van der Waals surface area contributed by atoms with Crippen molar-refractivity contribution in [3.05, 3.63) is 34.3 Å². The van der Waals surface area contributed by atoms with E-state index in [9.17, 15) is 0 Å². The van der Waals surface area contributed by atoms with Gasteiger partial charge in [0.1, 0.15) is 0 Å². The quantitative estimate of drug-likeness (QED) is 0.547. The Labute approximate surface area is 114 Å². The highest BCUT2D eigenvalue weighted by Crippen LogP contribution is 2.22. The van der Waals surface area contributed by atoms with E-state index in [0.717, 1.165) is 29.4 Å². The van der Waals surface area contributed by atoms with Gasteiger partial charge in [-0.15, -0.1) is 0 Å². The zero-order valence-electron chi connectivity index (χ0n) is 9.29. The third kappa shape index (κ3) is 4.95. The zero-order chi connectivity index (χ0) is 11.8. The summed E-state index contributed by atoms with van der Waals surface area (Å²) >= 11 is 6.89. The van der Waals surface area contributed by atoms with Gasteiger partial charge in [0, 0.05) is 30.1 Å². The molecule has 2 nitrogen and oxygen atoms in total. The monoisotopic (exact) mass is 350 g/mol. The molecule has 4 heteroatoms. The van der Waals surface area contributed by atoms with Gasteiger partial charge in [-0.2, -0.15) is 0 Å². The summed E-state index contributed by atoms with van der Waals surface area (Å²) in [5.41, 5.74) is 1.19. The van der Waals surface area contributed by atoms with Crippen LogP contribution in [0.1, 0.15) is 18.1 Å². The molecule has 0 fully saturated rings. The van der Waals surface area contributed by atoms with Crippen LogP contribution in [0.2, 0.25) is 0 Å². The van der Waals surface area contributed by atoms with Crippen molar-refractivity contribution in [1.82, 2.24) is 0 Å². The predicted molar refractivity (Wildman–Crippen MR) is 73.1 cm³/mol. The second kappa shape index (κ2) is 8.23. The summed E-state index contributed by atoms with van der Waals surface area (Å²) in [5.74, 6) is 0. The van der Waals surface area contributed by atoms with E-state index in [2.05, 4.69) is 44.0 Å². The third-order valence-corrected chi connectivity index (χ3v) is 3.31. The van der Waals surface area contributed by atoms with Crippen LogP contribution in [0.4, 0.5) is 0 Å². The van der Waals surface area contributed by atoms with Crippen LogP contribution < -0.4 is 0 Å². The van der Waals surface area contributed by atoms with Gasteiger partial charge in [0.05, 0.1) is 6.10 Å². The molecule has 0 spiro atoms. The maximum atomic E-state index is 5.78. The van der Waals surface area contributed by atoms with Gasteiger partial charge in [-0.3, -0.25) is 0 Å². The Kier molecular flexibility index (Phi) is 7.28. The van der Waals surface area contributed by atoms with Crippen molar-refractivity contribution in [2.75, 3.05) is 25.7 Å². The largest absolute Gasteiger partial charge is 0.385 e. The summed E-state index contributed by atoms with van der Waals surface area (Å²) in [4.78, 5) is 0. The molecule has 1 aromatic carbocycles. The molecule has 0 bridgehead atoms. The Morgan fingerprint density at radius 3 is 2.44 bits per heavy atom. The minimum Gasteiger partial charge on any atom is -0.385 e. The summed E-state index contributed by atoms with van der Waals surface area (Å²) in [6.07, 6.45) is 1.04. The first-order chi connectivity index (χ1) is 7.77. The molecule has 0 aromatic heterocycles. The van der Waals surface area contributed by atoms with Gasteiger partial charge >= 0.3 is 0 Å². The molecule has 16 heavy (non-hydrogen) atoms. The number of hydrogen-bond donors (Lipinski definition) is 0. The number of methoxy groups -OCH3 is 1. The second-order valence-corrected chi connectivity index (χ2v) is 4.97. The lowest BCUT2D eigenvalue weighted by Gasteiger charge is -2.15. The van der Waals surface area contributed by atoms with Crippen LogP contribution in [0.15, 0.2) is 28.7 Å². The first-order valence-electron chi connectivity index (χ1n) is 5.20. The molecule has 1 rings (SSSR count). The Morgan fingerprint density at radius 1 is 1.19 bits per heavy atom. The van der Waals surface area contributed by atoms with Gasteiger partial charge in [0.25, 0.3) is 0 Å². The first kappa shape index (κ1) is 14.2. The van der Waals surface area contributed by atoms with Crippen molar-refractivity contribution in [3.63, 3.8) is 0 Å². The van der Waals surface area contributed by atoms with Crippen LogP contribution >= 0.6 is 31.9 Å². The summed E-state index contributed by atoms with van der Waals surface area (Å²) in [6, 6.07) is 8.21. The normalized spacial score (nSPS) is 12.7. The molecular formula is C12H16Br2O2. The fourth-order valence-corrected chi connectivity index (χ4v) is 2.16. The zero-order valence-corrected chi connectivity index (χ0v) is 12.5. The maximum Gasteiger partial charge on any atom is 0.0921 e. The SMILES string of the molecule is COCCCOC(CBr)c1ccc(Br)cc1. The molecule has 0 saturated heterocycles. The molecule has 90 valence electrons. The van der Waals surface area contributed by atoms with Crippen LogP contribution in [-0.2, 0) is 9.47 Å². The van der Waals surface area contributed by atoms with Crippen molar-refractivity contribution in [3.8, 4) is 0 Å². The standard InChI is InChI=1S/C12H16Br2O2/c1-15-7-2-8-16-12(9-13)10-3-5-11(14)6-4-10/h3-6,12H,2,7-9H2,1H3. The summed E-state index contributed by atoms with van der Waals surface area (Å²) in [5, 5.41) is 0.807. The fraction of sp³-hybridized carbons (Fsp3) is 0.500. The highest BCUT2D eigenvalue weighted by Gasteiger charge is 2.09. The van der Waals surface area contributed by atoms with Crippen LogP contribution in [0, 0.1) is 0 Å². The Bertz CT molecular complexity index is 288. The van der Waals surface area contributed by atoms with Crippen LogP contribution in [0.25, 0.3) is 0 Å². The van der Waals surface area contributed by atoms with Gasteiger partial charge in [-0.05, 0) is 24.1 Å². The summed E-state index contributed by atoms with van der Waals surface area (Å²) in [6.45, 7) is 1.47. The average molecular weight is 352 g/mol. The molecule has 1 unspecified atom stereocenters. The number of rotatable bonds is 7. The smallest absolute Gasteiger partial charge is 0.0921 e. The lowest BCUT2D eigenvalue weighted by Crippen LogP contribution is -2.08. The molecule has 1 aromatic rings. The van der Waals surface area contributed by atoms with E-state index in [1.54, 1.807) is 7.11 Å². The van der Waals surface area contributed by atoms with E-state index < -0.39 is 0 Å². The summed E-state index contributed by atoms with van der Waals surface area (Å²) in [7, 11) is 1.71. The highest BCUT2D eigenvalue weighted by molar-refractivity contribution is 9.10. The molecule has 0 amide bonds. The number of alkyl halides is 1. The molecular weight excluding hydrogens is 336 g/mol. The van der Waals surface area contributed by atoms with Crippen LogP contribution in [0.3, 0.4) is 0 Å². The maximum absolute atomic E-state index is 5.78. The number of benzene rings is 1.